The Labute approximate surface area is 196 Å². The summed E-state index contributed by atoms with van der Waals surface area (Å²) in [6.07, 6.45) is 5.60. The summed E-state index contributed by atoms with van der Waals surface area (Å²) in [4.78, 5) is 7.06. The fourth-order valence-electron chi connectivity index (χ4n) is 4.19. The highest BCUT2D eigenvalue weighted by molar-refractivity contribution is 14.0. The van der Waals surface area contributed by atoms with Crippen LogP contribution >= 0.6 is 35.6 Å². The molecule has 0 saturated carbocycles. The minimum Gasteiger partial charge on any atom is -0.497 e. The molecule has 1 aromatic rings. The highest BCUT2D eigenvalue weighted by Gasteiger charge is 2.39. The standard InChI is InChI=1S/C21H33ClN4O2.HI/c1-23-20(24-10-7-17-5-6-18(27-2)15-19(17)22)25-16-21(8-13-28-14-9-21)26-11-3-4-12-26;/h5-6,15H,3-4,7-14,16H2,1-2H3,(H2,23,24,25);1H. The van der Waals surface area contributed by atoms with E-state index in [-0.39, 0.29) is 29.5 Å². The summed E-state index contributed by atoms with van der Waals surface area (Å²) < 4.78 is 10.8. The lowest BCUT2D eigenvalue weighted by molar-refractivity contribution is -0.0164. The number of guanidine groups is 1. The minimum atomic E-state index is 0. The van der Waals surface area contributed by atoms with Crippen LogP contribution in [0, 0.1) is 0 Å². The molecule has 6 nitrogen and oxygen atoms in total. The summed E-state index contributed by atoms with van der Waals surface area (Å²) in [5.41, 5.74) is 1.29. The number of ether oxygens (including phenoxy) is 2. The van der Waals surface area contributed by atoms with E-state index in [4.69, 9.17) is 21.1 Å². The molecule has 0 spiro atoms. The third-order valence-corrected chi connectivity index (χ3v) is 6.31. The zero-order chi connectivity index (χ0) is 19.8. The van der Waals surface area contributed by atoms with Gasteiger partial charge in [-0.05, 0) is 62.9 Å². The highest BCUT2D eigenvalue weighted by Crippen LogP contribution is 2.30. The molecular formula is C21H34ClIN4O2. The number of likely N-dealkylation sites (tertiary alicyclic amines) is 1. The van der Waals surface area contributed by atoms with Crippen molar-refractivity contribution in [3.63, 3.8) is 0 Å². The number of nitrogens with zero attached hydrogens (tertiary/aromatic N) is 2. The van der Waals surface area contributed by atoms with Gasteiger partial charge in [0.25, 0.3) is 0 Å². The van der Waals surface area contributed by atoms with Crippen LogP contribution < -0.4 is 15.4 Å². The number of aliphatic imine (C=N–C) groups is 1. The molecule has 1 aromatic carbocycles. The number of hydrogen-bond donors (Lipinski definition) is 2. The fourth-order valence-corrected chi connectivity index (χ4v) is 4.45. The van der Waals surface area contributed by atoms with Gasteiger partial charge in [-0.3, -0.25) is 9.89 Å². The monoisotopic (exact) mass is 536 g/mol. The SMILES string of the molecule is CN=C(NCCc1ccc(OC)cc1Cl)NCC1(N2CCCC2)CCOCC1.I. The van der Waals surface area contributed by atoms with Gasteiger partial charge in [-0.1, -0.05) is 17.7 Å². The predicted molar refractivity (Wildman–Crippen MR) is 130 cm³/mol. The molecule has 2 N–H and O–H groups in total. The Morgan fingerprint density at radius 2 is 1.97 bits per heavy atom. The van der Waals surface area contributed by atoms with Crippen LogP contribution in [0.5, 0.6) is 5.75 Å². The molecule has 3 rings (SSSR count). The zero-order valence-corrected chi connectivity index (χ0v) is 20.6. The summed E-state index contributed by atoms with van der Waals surface area (Å²) in [5, 5.41) is 7.72. The molecular weight excluding hydrogens is 503 g/mol. The first-order valence-corrected chi connectivity index (χ1v) is 10.6. The number of hydrogen-bond acceptors (Lipinski definition) is 4. The minimum absolute atomic E-state index is 0. The first kappa shape index (κ1) is 24.5. The fraction of sp³-hybridized carbons (Fsp3) is 0.667. The second kappa shape index (κ2) is 12.2. The van der Waals surface area contributed by atoms with E-state index in [9.17, 15) is 0 Å². The van der Waals surface area contributed by atoms with E-state index in [1.807, 2.05) is 25.2 Å². The van der Waals surface area contributed by atoms with E-state index in [0.29, 0.717) is 0 Å². The van der Waals surface area contributed by atoms with Gasteiger partial charge in [0.05, 0.1) is 7.11 Å². The number of nitrogens with one attached hydrogen (secondary N) is 2. The molecule has 0 unspecified atom stereocenters. The van der Waals surface area contributed by atoms with E-state index < -0.39 is 0 Å². The summed E-state index contributed by atoms with van der Waals surface area (Å²) in [6.45, 7) is 5.76. The van der Waals surface area contributed by atoms with E-state index in [2.05, 4.69) is 20.5 Å². The quantitative estimate of drug-likeness (QED) is 0.318. The molecule has 0 aliphatic carbocycles. The van der Waals surface area contributed by atoms with E-state index in [1.54, 1.807) is 7.11 Å². The molecule has 0 radical (unpaired) electrons. The average molecular weight is 537 g/mol. The van der Waals surface area contributed by atoms with Crippen molar-refractivity contribution in [2.45, 2.75) is 37.6 Å². The van der Waals surface area contributed by atoms with Crippen LogP contribution in [0.2, 0.25) is 5.02 Å². The lowest BCUT2D eigenvalue weighted by atomic mass is 9.88. The Morgan fingerprint density at radius 1 is 1.24 bits per heavy atom. The third kappa shape index (κ3) is 6.60. The van der Waals surface area contributed by atoms with Gasteiger partial charge >= 0.3 is 0 Å². The Hall–Kier alpha value is -0.770. The van der Waals surface area contributed by atoms with Crippen LogP contribution in [-0.2, 0) is 11.2 Å². The molecule has 0 aromatic heterocycles. The van der Waals surface area contributed by atoms with Crippen molar-refractivity contribution in [2.75, 3.05) is 53.6 Å². The van der Waals surface area contributed by atoms with Crippen LogP contribution in [0.1, 0.15) is 31.2 Å². The van der Waals surface area contributed by atoms with Crippen molar-refractivity contribution in [3.8, 4) is 5.75 Å². The van der Waals surface area contributed by atoms with Crippen molar-refractivity contribution >= 4 is 41.5 Å². The van der Waals surface area contributed by atoms with Gasteiger partial charge < -0.3 is 20.1 Å². The predicted octanol–water partition coefficient (Wildman–Crippen LogP) is 3.32. The molecule has 8 heteroatoms. The largest absolute Gasteiger partial charge is 0.497 e. The van der Waals surface area contributed by atoms with Gasteiger partial charge in [0, 0.05) is 43.9 Å². The second-order valence-electron chi connectivity index (χ2n) is 7.59. The van der Waals surface area contributed by atoms with Crippen LogP contribution in [0.15, 0.2) is 23.2 Å². The number of halogens is 2. The lowest BCUT2D eigenvalue weighted by Gasteiger charge is -2.45. The van der Waals surface area contributed by atoms with E-state index >= 15 is 0 Å². The number of rotatable bonds is 7. The van der Waals surface area contributed by atoms with Crippen molar-refractivity contribution in [3.05, 3.63) is 28.8 Å². The van der Waals surface area contributed by atoms with E-state index in [0.717, 1.165) is 67.9 Å². The van der Waals surface area contributed by atoms with Gasteiger partial charge in [0.2, 0.25) is 0 Å². The smallest absolute Gasteiger partial charge is 0.191 e. The second-order valence-corrected chi connectivity index (χ2v) is 8.00. The molecule has 164 valence electrons. The summed E-state index contributed by atoms with van der Waals surface area (Å²) >= 11 is 6.34. The zero-order valence-electron chi connectivity index (χ0n) is 17.5. The molecule has 2 saturated heterocycles. The van der Waals surface area contributed by atoms with Gasteiger partial charge in [-0.25, -0.2) is 0 Å². The Bertz CT molecular complexity index is 662. The summed E-state index contributed by atoms with van der Waals surface area (Å²) in [7, 11) is 3.47. The topological polar surface area (TPSA) is 58.1 Å². The van der Waals surface area contributed by atoms with Gasteiger partial charge in [-0.15, -0.1) is 24.0 Å². The van der Waals surface area contributed by atoms with Gasteiger partial charge in [0.1, 0.15) is 5.75 Å². The first-order valence-electron chi connectivity index (χ1n) is 10.3. The average Bonchev–Trinajstić information content (AvgIpc) is 3.28. The molecule has 29 heavy (non-hydrogen) atoms. The first-order chi connectivity index (χ1) is 13.7. The van der Waals surface area contributed by atoms with Gasteiger partial charge in [0.15, 0.2) is 5.96 Å². The van der Waals surface area contributed by atoms with Crippen molar-refractivity contribution in [1.29, 1.82) is 0 Å². The molecule has 0 amide bonds. The maximum atomic E-state index is 6.34. The van der Waals surface area contributed by atoms with Crippen LogP contribution in [-0.4, -0.2) is 69.9 Å². The van der Waals surface area contributed by atoms with Crippen LogP contribution in [0.25, 0.3) is 0 Å². The highest BCUT2D eigenvalue weighted by atomic mass is 127. The Morgan fingerprint density at radius 3 is 2.59 bits per heavy atom. The van der Waals surface area contributed by atoms with Crippen molar-refractivity contribution in [2.24, 2.45) is 4.99 Å². The summed E-state index contributed by atoms with van der Waals surface area (Å²) in [6, 6.07) is 5.82. The lowest BCUT2D eigenvalue weighted by Crippen LogP contribution is -2.58. The van der Waals surface area contributed by atoms with Crippen molar-refractivity contribution in [1.82, 2.24) is 15.5 Å². The van der Waals surface area contributed by atoms with E-state index in [1.165, 1.54) is 25.9 Å². The number of methoxy groups -OCH3 is 1. The maximum Gasteiger partial charge on any atom is 0.191 e. The molecule has 0 atom stereocenters. The Kier molecular flexibility index (Phi) is 10.3. The molecule has 2 heterocycles. The molecule has 2 aliphatic heterocycles. The third-order valence-electron chi connectivity index (χ3n) is 5.96. The molecule has 0 bridgehead atoms. The molecule has 2 fully saturated rings. The Balaban J connectivity index is 0.00000300. The van der Waals surface area contributed by atoms with Crippen LogP contribution in [0.4, 0.5) is 0 Å². The normalized spacial score (nSPS) is 19.5. The van der Waals surface area contributed by atoms with Crippen molar-refractivity contribution < 1.29 is 9.47 Å². The maximum absolute atomic E-state index is 6.34. The van der Waals surface area contributed by atoms with Crippen LogP contribution in [0.3, 0.4) is 0 Å². The summed E-state index contributed by atoms with van der Waals surface area (Å²) in [5.74, 6) is 1.62. The number of benzene rings is 1. The molecule has 2 aliphatic rings. The van der Waals surface area contributed by atoms with Gasteiger partial charge in [-0.2, -0.15) is 0 Å².